The lowest BCUT2D eigenvalue weighted by Gasteiger charge is -2.04. The van der Waals surface area contributed by atoms with E-state index in [4.69, 9.17) is 9.29 Å². The molecule has 0 heterocycles. The van der Waals surface area contributed by atoms with Crippen molar-refractivity contribution >= 4 is 16.0 Å². The summed E-state index contributed by atoms with van der Waals surface area (Å²) in [5, 5.41) is 2.69. The molecule has 0 aliphatic heterocycles. The van der Waals surface area contributed by atoms with Crippen molar-refractivity contribution in [2.45, 2.75) is 26.2 Å². The van der Waals surface area contributed by atoms with Crippen molar-refractivity contribution in [3.63, 3.8) is 0 Å². The molecule has 0 spiro atoms. The summed E-state index contributed by atoms with van der Waals surface area (Å²) in [5.74, 6) is -0.272. The first-order chi connectivity index (χ1) is 7.45. The van der Waals surface area contributed by atoms with Crippen molar-refractivity contribution in [2.24, 2.45) is 0 Å². The standard InChI is InChI=1S/C9H19NO5S/c1-2-9(11)10-5-3-6-15-7-4-8-16(12,13)14/h2-8H2,1H3,(H,10,11)(H,12,13,14). The maximum Gasteiger partial charge on any atom is 0.264 e. The molecule has 1 amide bonds. The van der Waals surface area contributed by atoms with E-state index in [9.17, 15) is 13.2 Å². The molecule has 0 atom stereocenters. The van der Waals surface area contributed by atoms with Crippen molar-refractivity contribution in [3.05, 3.63) is 0 Å². The third-order valence-electron chi connectivity index (χ3n) is 1.80. The highest BCUT2D eigenvalue weighted by molar-refractivity contribution is 7.85. The maximum atomic E-state index is 10.8. The molecule has 6 nitrogen and oxygen atoms in total. The topological polar surface area (TPSA) is 92.7 Å². The molecule has 0 aromatic rings. The van der Waals surface area contributed by atoms with Crippen LogP contribution in [0.3, 0.4) is 0 Å². The predicted octanol–water partition coefficient (Wildman–Crippen LogP) is 0.197. The Morgan fingerprint density at radius 2 is 1.94 bits per heavy atom. The maximum absolute atomic E-state index is 10.8. The summed E-state index contributed by atoms with van der Waals surface area (Å²) in [4.78, 5) is 10.8. The van der Waals surface area contributed by atoms with E-state index in [2.05, 4.69) is 5.32 Å². The number of carbonyl (C=O) groups excluding carboxylic acids is 1. The summed E-state index contributed by atoms with van der Waals surface area (Å²) >= 11 is 0. The van der Waals surface area contributed by atoms with Crippen LogP contribution < -0.4 is 5.32 Å². The quantitative estimate of drug-likeness (QED) is 0.452. The first kappa shape index (κ1) is 15.3. The van der Waals surface area contributed by atoms with Gasteiger partial charge in [-0.3, -0.25) is 9.35 Å². The van der Waals surface area contributed by atoms with E-state index in [1.165, 1.54) is 0 Å². The van der Waals surface area contributed by atoms with Gasteiger partial charge in [-0.25, -0.2) is 0 Å². The summed E-state index contributed by atoms with van der Waals surface area (Å²) in [6.07, 6.45) is 1.44. The fraction of sp³-hybridized carbons (Fsp3) is 0.889. The van der Waals surface area contributed by atoms with E-state index in [-0.39, 0.29) is 18.1 Å². The molecule has 0 saturated heterocycles. The molecule has 0 unspecified atom stereocenters. The Kier molecular flexibility index (Phi) is 8.14. The minimum absolute atomic E-state index is 0.00590. The van der Waals surface area contributed by atoms with Crippen LogP contribution in [-0.2, 0) is 19.6 Å². The smallest absolute Gasteiger partial charge is 0.264 e. The third kappa shape index (κ3) is 11.4. The van der Waals surface area contributed by atoms with Crippen molar-refractivity contribution in [1.29, 1.82) is 0 Å². The van der Waals surface area contributed by atoms with Crippen LogP contribution in [0.2, 0.25) is 0 Å². The largest absolute Gasteiger partial charge is 0.381 e. The lowest BCUT2D eigenvalue weighted by atomic mass is 10.4. The Bertz CT molecular complexity index is 288. The van der Waals surface area contributed by atoms with Gasteiger partial charge in [-0.1, -0.05) is 6.92 Å². The van der Waals surface area contributed by atoms with Gasteiger partial charge in [0.15, 0.2) is 0 Å². The van der Waals surface area contributed by atoms with Gasteiger partial charge in [0.05, 0.1) is 5.75 Å². The molecular formula is C9H19NO5S. The predicted molar refractivity (Wildman–Crippen MR) is 59.8 cm³/mol. The molecule has 2 N–H and O–H groups in total. The minimum atomic E-state index is -3.87. The van der Waals surface area contributed by atoms with Crippen molar-refractivity contribution < 1.29 is 22.5 Å². The van der Waals surface area contributed by atoms with Crippen molar-refractivity contribution in [1.82, 2.24) is 5.32 Å². The van der Waals surface area contributed by atoms with E-state index in [1.807, 2.05) is 0 Å². The minimum Gasteiger partial charge on any atom is -0.381 e. The van der Waals surface area contributed by atoms with Gasteiger partial charge < -0.3 is 10.1 Å². The summed E-state index contributed by atoms with van der Waals surface area (Å²) in [5.41, 5.74) is 0. The number of carbonyl (C=O) groups is 1. The Morgan fingerprint density at radius 3 is 2.50 bits per heavy atom. The zero-order chi connectivity index (χ0) is 12.4. The molecule has 0 rings (SSSR count). The zero-order valence-electron chi connectivity index (χ0n) is 9.44. The van der Waals surface area contributed by atoms with E-state index >= 15 is 0 Å². The lowest BCUT2D eigenvalue weighted by Crippen LogP contribution is -2.24. The zero-order valence-corrected chi connectivity index (χ0v) is 10.3. The summed E-state index contributed by atoms with van der Waals surface area (Å²) < 4.78 is 34.2. The fourth-order valence-electron chi connectivity index (χ4n) is 0.972. The molecule has 0 aliphatic carbocycles. The van der Waals surface area contributed by atoms with Gasteiger partial charge in [0.2, 0.25) is 5.91 Å². The molecule has 0 aromatic heterocycles. The van der Waals surface area contributed by atoms with Gasteiger partial charge >= 0.3 is 0 Å². The number of hydrogen-bond acceptors (Lipinski definition) is 4. The second-order valence-electron chi connectivity index (χ2n) is 3.31. The highest BCUT2D eigenvalue weighted by atomic mass is 32.2. The summed E-state index contributed by atoms with van der Waals surface area (Å²) in [6.45, 7) is 3.10. The number of hydrogen-bond donors (Lipinski definition) is 2. The Hall–Kier alpha value is -0.660. The molecule has 0 saturated carbocycles. The van der Waals surface area contributed by atoms with Gasteiger partial charge in [0.1, 0.15) is 0 Å². The molecule has 0 radical (unpaired) electrons. The lowest BCUT2D eigenvalue weighted by molar-refractivity contribution is -0.120. The van der Waals surface area contributed by atoms with Crippen LogP contribution in [0.15, 0.2) is 0 Å². The van der Waals surface area contributed by atoms with E-state index in [1.54, 1.807) is 6.92 Å². The molecule has 0 fully saturated rings. The van der Waals surface area contributed by atoms with Crippen molar-refractivity contribution in [3.8, 4) is 0 Å². The van der Waals surface area contributed by atoms with E-state index < -0.39 is 10.1 Å². The van der Waals surface area contributed by atoms with Gasteiger partial charge in [-0.05, 0) is 12.8 Å². The van der Waals surface area contributed by atoms with Crippen LogP contribution in [0.25, 0.3) is 0 Å². The molecule has 7 heteroatoms. The van der Waals surface area contributed by atoms with Crippen LogP contribution >= 0.6 is 0 Å². The average Bonchev–Trinajstić information content (AvgIpc) is 2.20. The number of ether oxygens (including phenoxy) is 1. The highest BCUT2D eigenvalue weighted by Gasteiger charge is 2.03. The van der Waals surface area contributed by atoms with Gasteiger partial charge in [0.25, 0.3) is 10.1 Å². The number of amides is 1. The van der Waals surface area contributed by atoms with Crippen LogP contribution in [0, 0.1) is 0 Å². The molecule has 0 aromatic carbocycles. The molecular weight excluding hydrogens is 234 g/mol. The molecule has 96 valence electrons. The first-order valence-electron chi connectivity index (χ1n) is 5.25. The van der Waals surface area contributed by atoms with E-state index in [0.717, 1.165) is 0 Å². The van der Waals surface area contributed by atoms with Crippen LogP contribution in [0.1, 0.15) is 26.2 Å². The van der Waals surface area contributed by atoms with Gasteiger partial charge in [0, 0.05) is 26.2 Å². The van der Waals surface area contributed by atoms with Crippen molar-refractivity contribution in [2.75, 3.05) is 25.5 Å². The van der Waals surface area contributed by atoms with Crippen LogP contribution in [0.5, 0.6) is 0 Å². The highest BCUT2D eigenvalue weighted by Crippen LogP contribution is 1.90. The summed E-state index contributed by atoms with van der Waals surface area (Å²) in [6, 6.07) is 0. The Morgan fingerprint density at radius 1 is 1.31 bits per heavy atom. The average molecular weight is 253 g/mol. The third-order valence-corrected chi connectivity index (χ3v) is 2.60. The first-order valence-corrected chi connectivity index (χ1v) is 6.86. The Balaban J connectivity index is 3.19. The second kappa shape index (κ2) is 8.49. The monoisotopic (exact) mass is 253 g/mol. The summed E-state index contributed by atoms with van der Waals surface area (Å²) in [7, 11) is -3.87. The van der Waals surface area contributed by atoms with Crippen LogP contribution in [0.4, 0.5) is 0 Å². The second-order valence-corrected chi connectivity index (χ2v) is 4.88. The Labute approximate surface area is 96.1 Å². The van der Waals surface area contributed by atoms with Gasteiger partial charge in [-0.2, -0.15) is 8.42 Å². The van der Waals surface area contributed by atoms with Crippen LogP contribution in [-0.4, -0.2) is 44.4 Å². The molecule has 16 heavy (non-hydrogen) atoms. The fourth-order valence-corrected chi connectivity index (χ4v) is 1.46. The normalized spacial score (nSPS) is 11.4. The van der Waals surface area contributed by atoms with E-state index in [0.29, 0.717) is 32.6 Å². The number of rotatable bonds is 9. The van der Waals surface area contributed by atoms with Gasteiger partial charge in [-0.15, -0.1) is 0 Å². The molecule has 0 aliphatic rings. The number of nitrogens with one attached hydrogen (secondary N) is 1. The molecule has 0 bridgehead atoms. The SMILES string of the molecule is CCC(=O)NCCCOCCCS(=O)(=O)O.